The van der Waals surface area contributed by atoms with Gasteiger partial charge in [0.15, 0.2) is 0 Å². The number of aromatic nitrogens is 2. The van der Waals surface area contributed by atoms with Crippen molar-refractivity contribution in [3.63, 3.8) is 0 Å². The molecule has 0 fully saturated rings. The summed E-state index contributed by atoms with van der Waals surface area (Å²) in [5.41, 5.74) is 2.15. The number of aromatic hydroxyl groups is 1. The van der Waals surface area contributed by atoms with Gasteiger partial charge in [-0.1, -0.05) is 44.5 Å². The Bertz CT molecular complexity index is 824. The number of hydrogen-bond acceptors (Lipinski definition) is 4. The fraction of sp³-hybridized carbons (Fsp3) is 0.444. The fourth-order valence-electron chi connectivity index (χ4n) is 2.91. The second kappa shape index (κ2) is 6.22. The average Bonchev–Trinajstić information content (AvgIpc) is 2.50. The first kappa shape index (κ1) is 17.0. The molecule has 6 heteroatoms. The highest BCUT2D eigenvalue weighted by Gasteiger charge is 2.25. The molecule has 2 heterocycles. The van der Waals surface area contributed by atoms with Crippen molar-refractivity contribution < 1.29 is 5.11 Å². The van der Waals surface area contributed by atoms with E-state index in [2.05, 4.69) is 9.88 Å². The molecular weight excluding hydrogens is 326 g/mol. The second-order valence-electron chi connectivity index (χ2n) is 7.30. The smallest absolute Gasteiger partial charge is 0.254 e. The Kier molecular flexibility index (Phi) is 4.40. The number of nitrogens with zero attached hydrogens (tertiary/aromatic N) is 2. The molecule has 5 nitrogen and oxygen atoms in total. The van der Waals surface area contributed by atoms with Crippen molar-refractivity contribution in [1.29, 1.82) is 0 Å². The molecule has 0 unspecified atom stereocenters. The third-order valence-electron chi connectivity index (χ3n) is 4.33. The highest BCUT2D eigenvalue weighted by molar-refractivity contribution is 6.32. The van der Waals surface area contributed by atoms with E-state index in [9.17, 15) is 9.90 Å². The van der Waals surface area contributed by atoms with Crippen LogP contribution in [0.4, 0.5) is 0 Å². The molecule has 0 bridgehead atoms. The fourth-order valence-corrected chi connectivity index (χ4v) is 3.11. The van der Waals surface area contributed by atoms with Gasteiger partial charge in [0, 0.05) is 36.2 Å². The molecule has 1 aliphatic rings. The summed E-state index contributed by atoms with van der Waals surface area (Å²) in [5, 5.41) is 10.4. The number of hydrogen-bond donors (Lipinski definition) is 2. The summed E-state index contributed by atoms with van der Waals surface area (Å²) < 4.78 is 0. The van der Waals surface area contributed by atoms with Crippen molar-refractivity contribution in [2.75, 3.05) is 6.54 Å². The van der Waals surface area contributed by atoms with Gasteiger partial charge in [0.2, 0.25) is 0 Å². The van der Waals surface area contributed by atoms with Crippen molar-refractivity contribution in [2.24, 2.45) is 0 Å². The van der Waals surface area contributed by atoms with Gasteiger partial charge in [-0.25, -0.2) is 4.98 Å². The molecule has 0 radical (unpaired) electrons. The lowest BCUT2D eigenvalue weighted by molar-refractivity contribution is 0.236. The maximum atomic E-state index is 12.3. The SMILES string of the molecule is CC(C)(C)c1nc2c(c(=O)[nH]1)CCN(Cc1cccc(Cl)c1O)C2. The summed E-state index contributed by atoms with van der Waals surface area (Å²) in [6.45, 7) is 8.00. The second-order valence-corrected chi connectivity index (χ2v) is 7.71. The Balaban J connectivity index is 1.87. The minimum atomic E-state index is -0.207. The highest BCUT2D eigenvalue weighted by atomic mass is 35.5. The van der Waals surface area contributed by atoms with E-state index in [0.717, 1.165) is 23.4 Å². The number of nitrogens with one attached hydrogen (secondary N) is 1. The highest BCUT2D eigenvalue weighted by Crippen LogP contribution is 2.29. The Labute approximate surface area is 146 Å². The molecule has 0 saturated heterocycles. The molecule has 0 saturated carbocycles. The molecule has 1 aliphatic heterocycles. The maximum absolute atomic E-state index is 12.3. The molecule has 3 rings (SSSR count). The van der Waals surface area contributed by atoms with Crippen molar-refractivity contribution >= 4 is 11.6 Å². The summed E-state index contributed by atoms with van der Waals surface area (Å²) in [5.74, 6) is 0.831. The summed E-state index contributed by atoms with van der Waals surface area (Å²) in [6, 6.07) is 5.36. The van der Waals surface area contributed by atoms with Crippen molar-refractivity contribution in [1.82, 2.24) is 14.9 Å². The Morgan fingerprint density at radius 2 is 2.12 bits per heavy atom. The molecule has 0 spiro atoms. The van der Waals surface area contributed by atoms with Crippen molar-refractivity contribution in [3.8, 4) is 5.75 Å². The molecule has 0 aliphatic carbocycles. The van der Waals surface area contributed by atoms with Crippen LogP contribution in [0.25, 0.3) is 0 Å². The van der Waals surface area contributed by atoms with Gasteiger partial charge in [-0.15, -0.1) is 0 Å². The molecule has 1 aromatic carbocycles. The monoisotopic (exact) mass is 347 g/mol. The molecule has 24 heavy (non-hydrogen) atoms. The maximum Gasteiger partial charge on any atom is 0.254 e. The number of aromatic amines is 1. The van der Waals surface area contributed by atoms with E-state index in [1.54, 1.807) is 6.07 Å². The van der Waals surface area contributed by atoms with Crippen LogP contribution < -0.4 is 5.56 Å². The molecule has 1 aromatic heterocycles. The number of halogens is 1. The predicted molar refractivity (Wildman–Crippen MR) is 94.5 cm³/mol. The molecule has 0 atom stereocenters. The summed E-state index contributed by atoms with van der Waals surface area (Å²) in [4.78, 5) is 22.1. The Hall–Kier alpha value is -1.85. The number of rotatable bonds is 2. The van der Waals surface area contributed by atoms with Gasteiger partial charge < -0.3 is 10.1 Å². The van der Waals surface area contributed by atoms with Gasteiger partial charge in [0.1, 0.15) is 11.6 Å². The first-order valence-corrected chi connectivity index (χ1v) is 8.45. The number of fused-ring (bicyclic) bond motifs is 1. The summed E-state index contributed by atoms with van der Waals surface area (Å²) in [7, 11) is 0. The van der Waals surface area contributed by atoms with E-state index in [0.29, 0.717) is 30.4 Å². The van der Waals surface area contributed by atoms with Gasteiger partial charge in [0.05, 0.1) is 10.7 Å². The van der Waals surface area contributed by atoms with Crippen molar-refractivity contribution in [3.05, 3.63) is 56.2 Å². The van der Waals surface area contributed by atoms with Crippen LogP contribution in [0.2, 0.25) is 5.02 Å². The number of benzene rings is 1. The number of para-hydroxylation sites is 1. The van der Waals surface area contributed by atoms with Crippen LogP contribution >= 0.6 is 11.6 Å². The first-order chi connectivity index (χ1) is 11.3. The predicted octanol–water partition coefficient (Wildman–Crippen LogP) is 2.98. The van der Waals surface area contributed by atoms with E-state index in [4.69, 9.17) is 16.6 Å². The van der Waals surface area contributed by atoms with Crippen LogP contribution in [0.15, 0.2) is 23.0 Å². The normalized spacial score (nSPS) is 15.3. The largest absolute Gasteiger partial charge is 0.506 e. The van der Waals surface area contributed by atoms with E-state index in [1.807, 2.05) is 32.9 Å². The third kappa shape index (κ3) is 3.32. The molecular formula is C18H22ClN3O2. The van der Waals surface area contributed by atoms with Gasteiger partial charge in [0.25, 0.3) is 5.56 Å². The van der Waals surface area contributed by atoms with E-state index < -0.39 is 0 Å². The molecule has 128 valence electrons. The Morgan fingerprint density at radius 1 is 1.38 bits per heavy atom. The topological polar surface area (TPSA) is 69.2 Å². The number of H-pyrrole nitrogens is 1. The number of phenols is 1. The lowest BCUT2D eigenvalue weighted by atomic mass is 9.95. The standard InChI is InChI=1S/C18H22ClN3O2/c1-18(2,3)17-20-14-10-22(8-7-12(14)16(24)21-17)9-11-5-4-6-13(19)15(11)23/h4-6,23H,7-10H2,1-3H3,(H,20,21,24). The van der Waals surface area contributed by atoms with Crippen molar-refractivity contribution in [2.45, 2.75) is 45.7 Å². The van der Waals surface area contributed by atoms with E-state index in [1.165, 1.54) is 0 Å². The van der Waals surface area contributed by atoms with Gasteiger partial charge in [-0.3, -0.25) is 9.69 Å². The van der Waals surface area contributed by atoms with Crippen LogP contribution in [0.5, 0.6) is 5.75 Å². The minimum absolute atomic E-state index is 0.0322. The lowest BCUT2D eigenvalue weighted by Gasteiger charge is -2.29. The van der Waals surface area contributed by atoms with Crippen LogP contribution in [-0.4, -0.2) is 26.5 Å². The zero-order valence-electron chi connectivity index (χ0n) is 14.2. The minimum Gasteiger partial charge on any atom is -0.506 e. The van der Waals surface area contributed by atoms with Crippen LogP contribution in [0, 0.1) is 0 Å². The average molecular weight is 348 g/mol. The molecule has 0 amide bonds. The molecule has 2 N–H and O–H groups in total. The quantitative estimate of drug-likeness (QED) is 0.876. The first-order valence-electron chi connectivity index (χ1n) is 8.07. The lowest BCUT2D eigenvalue weighted by Crippen LogP contribution is -2.36. The summed E-state index contributed by atoms with van der Waals surface area (Å²) in [6.07, 6.45) is 0.656. The van der Waals surface area contributed by atoms with E-state index in [-0.39, 0.29) is 16.7 Å². The Morgan fingerprint density at radius 3 is 2.83 bits per heavy atom. The molecule has 2 aromatic rings. The van der Waals surface area contributed by atoms with Gasteiger partial charge in [-0.2, -0.15) is 0 Å². The van der Waals surface area contributed by atoms with Crippen LogP contribution in [0.3, 0.4) is 0 Å². The van der Waals surface area contributed by atoms with Crippen LogP contribution in [-0.2, 0) is 24.9 Å². The van der Waals surface area contributed by atoms with Crippen LogP contribution in [0.1, 0.15) is 43.4 Å². The van der Waals surface area contributed by atoms with E-state index >= 15 is 0 Å². The van der Waals surface area contributed by atoms with Gasteiger partial charge >= 0.3 is 0 Å². The zero-order chi connectivity index (χ0) is 17.5. The third-order valence-corrected chi connectivity index (χ3v) is 4.63. The van der Waals surface area contributed by atoms with Gasteiger partial charge in [-0.05, 0) is 12.5 Å². The number of phenolic OH excluding ortho intramolecular Hbond substituents is 1. The zero-order valence-corrected chi connectivity index (χ0v) is 14.9. The summed E-state index contributed by atoms with van der Waals surface area (Å²) >= 11 is 5.98.